The average Bonchev–Trinajstić information content (AvgIpc) is 3.48. The molecule has 2 amide bonds. The molecular weight excluding hydrogens is 635 g/mol. The molecule has 0 aliphatic rings. The summed E-state index contributed by atoms with van der Waals surface area (Å²) < 4.78 is 27.8. The zero-order valence-corrected chi connectivity index (χ0v) is 23.2. The molecule has 3 heterocycles. The maximum absolute atomic E-state index is 13.6. The zero-order chi connectivity index (χ0) is 27.6. The van der Waals surface area contributed by atoms with Gasteiger partial charge >= 0.3 is 6.43 Å². The Hall–Kier alpha value is -3.53. The minimum absolute atomic E-state index is 0.0305. The Bertz CT molecular complexity index is 1510. The van der Waals surface area contributed by atoms with Crippen molar-refractivity contribution in [2.45, 2.75) is 39.8 Å². The summed E-state index contributed by atoms with van der Waals surface area (Å²) in [5.74, 6) is -1.50. The smallest absolute Gasteiger partial charge is 0.301 e. The molecule has 198 valence electrons. The number of amides is 2. The van der Waals surface area contributed by atoms with Crippen LogP contribution in [0.1, 0.15) is 58.2 Å². The van der Waals surface area contributed by atoms with E-state index in [1.807, 2.05) is 19.9 Å². The maximum atomic E-state index is 13.6. The number of benzene rings is 1. The normalized spacial score (nSPS) is 11.3. The van der Waals surface area contributed by atoms with E-state index in [1.165, 1.54) is 16.9 Å². The van der Waals surface area contributed by atoms with Gasteiger partial charge < -0.3 is 10.6 Å². The van der Waals surface area contributed by atoms with E-state index in [0.29, 0.717) is 16.8 Å². The van der Waals surface area contributed by atoms with Crippen LogP contribution in [0.5, 0.6) is 0 Å². The molecule has 2 N–H and O–H groups in total. The first-order chi connectivity index (χ1) is 18.0. The van der Waals surface area contributed by atoms with Gasteiger partial charge in [0.25, 0.3) is 11.8 Å². The molecule has 38 heavy (non-hydrogen) atoms. The minimum Gasteiger partial charge on any atom is -0.350 e. The van der Waals surface area contributed by atoms with Gasteiger partial charge in [-0.3, -0.25) is 9.59 Å². The molecule has 0 atom stereocenters. The van der Waals surface area contributed by atoms with Crippen LogP contribution >= 0.6 is 34.2 Å². The van der Waals surface area contributed by atoms with Crippen LogP contribution in [-0.4, -0.2) is 52.8 Å². The number of halogens is 4. The van der Waals surface area contributed by atoms with Gasteiger partial charge in [-0.2, -0.15) is 9.90 Å². The van der Waals surface area contributed by atoms with Crippen LogP contribution in [0.3, 0.4) is 0 Å². The number of hydrogen-bond donors (Lipinski definition) is 2. The lowest BCUT2D eigenvalue weighted by Crippen LogP contribution is -2.31. The highest BCUT2D eigenvalue weighted by Gasteiger charge is 2.24. The van der Waals surface area contributed by atoms with E-state index in [0.717, 1.165) is 8.37 Å². The molecule has 4 rings (SSSR count). The molecule has 0 unspecified atom stereocenters. The fraction of sp³-hybridized carbons (Fsp3) is 0.261. The molecule has 0 aliphatic heterocycles. The van der Waals surface area contributed by atoms with Crippen LogP contribution in [0, 0.1) is 10.5 Å². The summed E-state index contributed by atoms with van der Waals surface area (Å²) in [6.45, 7) is 5.30. The van der Waals surface area contributed by atoms with Gasteiger partial charge in [0.15, 0.2) is 5.82 Å². The van der Waals surface area contributed by atoms with Crippen molar-refractivity contribution in [3.8, 4) is 5.82 Å². The van der Waals surface area contributed by atoms with E-state index in [4.69, 9.17) is 11.6 Å². The van der Waals surface area contributed by atoms with Gasteiger partial charge in [0.1, 0.15) is 12.2 Å². The minimum atomic E-state index is -2.88. The van der Waals surface area contributed by atoms with Crippen molar-refractivity contribution in [3.63, 3.8) is 0 Å². The first-order valence-corrected chi connectivity index (χ1v) is 12.7. The van der Waals surface area contributed by atoms with Crippen LogP contribution in [0.15, 0.2) is 36.5 Å². The van der Waals surface area contributed by atoms with E-state index < -0.39 is 18.2 Å². The Morgan fingerprint density at radius 1 is 1.16 bits per heavy atom. The number of carbonyl (C=O) groups is 2. The van der Waals surface area contributed by atoms with Gasteiger partial charge in [-0.15, -0.1) is 10.2 Å². The Kier molecular flexibility index (Phi) is 8.30. The van der Waals surface area contributed by atoms with Gasteiger partial charge in [-0.1, -0.05) is 11.6 Å². The van der Waals surface area contributed by atoms with Gasteiger partial charge in [0.05, 0.1) is 22.0 Å². The van der Waals surface area contributed by atoms with Crippen LogP contribution in [0.2, 0.25) is 5.02 Å². The molecule has 0 aliphatic carbocycles. The predicted octanol–water partition coefficient (Wildman–Crippen LogP) is 4.20. The summed E-state index contributed by atoms with van der Waals surface area (Å²) in [6, 6.07) is 8.03. The lowest BCUT2D eigenvalue weighted by atomic mass is 10.1. The second kappa shape index (κ2) is 11.5. The average molecular weight is 656 g/mol. The van der Waals surface area contributed by atoms with E-state index >= 15 is 0 Å². The van der Waals surface area contributed by atoms with E-state index in [1.54, 1.807) is 25.1 Å². The number of carbonyl (C=O) groups excluding carboxylic acids is 2. The molecule has 0 saturated carbocycles. The van der Waals surface area contributed by atoms with Crippen molar-refractivity contribution >= 4 is 51.7 Å². The van der Waals surface area contributed by atoms with Gasteiger partial charge in [0.2, 0.25) is 5.82 Å². The van der Waals surface area contributed by atoms with Crippen LogP contribution < -0.4 is 10.6 Å². The topological polar surface area (TPSA) is 133 Å². The van der Waals surface area contributed by atoms with Crippen molar-refractivity contribution < 1.29 is 18.4 Å². The number of tetrazole rings is 1. The maximum Gasteiger partial charge on any atom is 0.301 e. The van der Waals surface area contributed by atoms with E-state index in [-0.39, 0.29) is 40.7 Å². The highest BCUT2D eigenvalue weighted by Crippen LogP contribution is 2.26. The SMILES string of the molecule is Cc1cc(I)cc(C(=O)NC(C)C)c1NC(=O)c1cc(Cn2nnc(C(F)F)n2)nn1-c1ncccc1Cl. The van der Waals surface area contributed by atoms with Gasteiger partial charge in [0, 0.05) is 15.8 Å². The van der Waals surface area contributed by atoms with Crippen molar-refractivity contribution in [1.29, 1.82) is 0 Å². The van der Waals surface area contributed by atoms with E-state index in [9.17, 15) is 18.4 Å². The molecule has 3 aromatic heterocycles. The molecule has 4 aromatic rings. The number of aromatic nitrogens is 7. The molecular formula is C23H21ClF2IN9O2. The second-order valence-corrected chi connectivity index (χ2v) is 10.1. The van der Waals surface area contributed by atoms with Crippen molar-refractivity contribution in [1.82, 2.24) is 40.3 Å². The third-order valence-corrected chi connectivity index (χ3v) is 6.02. The fourth-order valence-corrected chi connectivity index (χ4v) is 4.50. The number of aryl methyl sites for hydroxylation is 1. The summed E-state index contributed by atoms with van der Waals surface area (Å²) >= 11 is 8.43. The first kappa shape index (κ1) is 27.5. The number of anilines is 1. The third kappa shape index (κ3) is 6.12. The molecule has 11 nitrogen and oxygen atoms in total. The van der Waals surface area contributed by atoms with Crippen molar-refractivity contribution in [3.05, 3.63) is 73.5 Å². The molecule has 0 spiro atoms. The third-order valence-electron chi connectivity index (χ3n) is 5.10. The first-order valence-electron chi connectivity index (χ1n) is 11.2. The van der Waals surface area contributed by atoms with Crippen molar-refractivity contribution in [2.75, 3.05) is 5.32 Å². The fourth-order valence-electron chi connectivity index (χ4n) is 3.52. The summed E-state index contributed by atoms with van der Waals surface area (Å²) in [4.78, 5) is 31.7. The van der Waals surface area contributed by atoms with Crippen LogP contribution in [0.4, 0.5) is 14.5 Å². The Morgan fingerprint density at radius 3 is 2.58 bits per heavy atom. The highest BCUT2D eigenvalue weighted by atomic mass is 127. The number of nitrogens with one attached hydrogen (secondary N) is 2. The Morgan fingerprint density at radius 2 is 1.92 bits per heavy atom. The van der Waals surface area contributed by atoms with E-state index in [2.05, 4.69) is 58.7 Å². The van der Waals surface area contributed by atoms with Crippen molar-refractivity contribution in [2.24, 2.45) is 0 Å². The lowest BCUT2D eigenvalue weighted by Gasteiger charge is -2.16. The molecule has 0 radical (unpaired) electrons. The number of nitrogens with zero attached hydrogens (tertiary/aromatic N) is 7. The highest BCUT2D eigenvalue weighted by molar-refractivity contribution is 14.1. The predicted molar refractivity (Wildman–Crippen MR) is 143 cm³/mol. The van der Waals surface area contributed by atoms with Crippen LogP contribution in [0.25, 0.3) is 5.82 Å². The molecule has 0 fully saturated rings. The van der Waals surface area contributed by atoms with Gasteiger partial charge in [-0.05, 0) is 84.5 Å². The second-order valence-electron chi connectivity index (χ2n) is 8.45. The number of rotatable bonds is 8. The Balaban J connectivity index is 1.74. The lowest BCUT2D eigenvalue weighted by molar-refractivity contribution is 0.0943. The number of pyridine rings is 1. The summed E-state index contributed by atoms with van der Waals surface area (Å²) in [5.41, 5.74) is 1.59. The summed E-state index contributed by atoms with van der Waals surface area (Å²) in [7, 11) is 0. The largest absolute Gasteiger partial charge is 0.350 e. The quantitative estimate of drug-likeness (QED) is 0.272. The summed E-state index contributed by atoms with van der Waals surface area (Å²) in [5, 5.41) is 20.8. The van der Waals surface area contributed by atoms with Gasteiger partial charge in [-0.25, -0.2) is 18.4 Å². The Labute approximate surface area is 234 Å². The molecule has 0 saturated heterocycles. The molecule has 1 aromatic carbocycles. The zero-order valence-electron chi connectivity index (χ0n) is 20.3. The monoisotopic (exact) mass is 655 g/mol. The molecule has 0 bridgehead atoms. The number of alkyl halides is 2. The summed E-state index contributed by atoms with van der Waals surface area (Å²) in [6.07, 6.45) is -1.40. The van der Waals surface area contributed by atoms with Crippen LogP contribution in [-0.2, 0) is 6.54 Å². The standard InChI is InChI=1S/C23H21ClF2IN9O2/c1-11(2)29-22(37)15-8-13(27)7-12(3)18(15)30-23(38)17-9-14(10-35-33-20(19(25)26)31-34-35)32-36(17)21-16(24)5-4-6-28-21/h4-9,11,19H,10H2,1-3H3,(H,29,37)(H,30,38). The number of hydrogen-bond acceptors (Lipinski definition) is 7. The molecule has 15 heteroatoms.